The maximum atomic E-state index is 11.8. The molecular weight excluding hydrogens is 398 g/mol. The van der Waals surface area contributed by atoms with Crippen molar-refractivity contribution in [1.82, 2.24) is 9.29 Å². The Morgan fingerprint density at radius 1 is 1.07 bits per heavy atom. The number of nitrogens with zero attached hydrogens (tertiary/aromatic N) is 3. The van der Waals surface area contributed by atoms with Crippen molar-refractivity contribution < 1.29 is 13.2 Å². The molecule has 1 fully saturated rings. The number of fused-ring (bicyclic) bond motifs is 1. The molecule has 0 spiro atoms. The Morgan fingerprint density at radius 3 is 2.57 bits per heavy atom. The number of rotatable bonds is 7. The van der Waals surface area contributed by atoms with Crippen molar-refractivity contribution in [3.8, 4) is 5.75 Å². The molecule has 0 amide bonds. The Morgan fingerprint density at radius 2 is 1.83 bits per heavy atom. The minimum Gasteiger partial charge on any atom is -0.494 e. The van der Waals surface area contributed by atoms with Crippen molar-refractivity contribution in [3.05, 3.63) is 53.9 Å². The molecule has 7 heteroatoms. The topological polar surface area (TPSA) is 62.7 Å². The average Bonchev–Trinajstić information content (AvgIpc) is 2.77. The van der Waals surface area contributed by atoms with Gasteiger partial charge in [0, 0.05) is 44.3 Å². The molecule has 0 N–H and O–H groups in total. The Balaban J connectivity index is 1.19. The summed E-state index contributed by atoms with van der Waals surface area (Å²) in [6.45, 7) is 3.98. The second-order valence-electron chi connectivity index (χ2n) is 8.40. The van der Waals surface area contributed by atoms with E-state index in [9.17, 15) is 8.42 Å². The van der Waals surface area contributed by atoms with Crippen LogP contribution in [0.15, 0.2) is 42.7 Å². The number of sulfonamides is 1. The van der Waals surface area contributed by atoms with Gasteiger partial charge in [0.25, 0.3) is 0 Å². The van der Waals surface area contributed by atoms with Crippen LogP contribution in [0.1, 0.15) is 36.8 Å². The summed E-state index contributed by atoms with van der Waals surface area (Å²) in [6, 6.07) is 10.2. The van der Waals surface area contributed by atoms with Crippen molar-refractivity contribution in [3.63, 3.8) is 0 Å². The summed E-state index contributed by atoms with van der Waals surface area (Å²) in [6.07, 6.45) is 10.5. The van der Waals surface area contributed by atoms with E-state index >= 15 is 0 Å². The first kappa shape index (κ1) is 21.1. The molecule has 3 heterocycles. The van der Waals surface area contributed by atoms with Crippen LogP contribution >= 0.6 is 0 Å². The van der Waals surface area contributed by atoms with Gasteiger partial charge in [0.2, 0.25) is 10.0 Å². The Hall–Kier alpha value is -2.12. The van der Waals surface area contributed by atoms with E-state index in [1.165, 1.54) is 41.1 Å². The van der Waals surface area contributed by atoms with E-state index in [0.29, 0.717) is 13.1 Å². The lowest BCUT2D eigenvalue weighted by Gasteiger charge is -2.33. The fraction of sp³-hybridized carbons (Fsp3) is 0.522. The maximum absolute atomic E-state index is 11.8. The largest absolute Gasteiger partial charge is 0.494 e. The van der Waals surface area contributed by atoms with E-state index in [4.69, 9.17) is 4.74 Å². The third-order valence-electron chi connectivity index (χ3n) is 6.29. The summed E-state index contributed by atoms with van der Waals surface area (Å²) < 4.78 is 31.0. The second-order valence-corrected chi connectivity index (χ2v) is 10.4. The first-order valence-electron chi connectivity index (χ1n) is 10.8. The highest BCUT2D eigenvalue weighted by atomic mass is 32.2. The molecule has 6 nitrogen and oxygen atoms in total. The predicted molar refractivity (Wildman–Crippen MR) is 119 cm³/mol. The molecule has 1 aromatic heterocycles. The lowest BCUT2D eigenvalue weighted by molar-refractivity contribution is 0.278. The third kappa shape index (κ3) is 5.32. The van der Waals surface area contributed by atoms with E-state index in [-0.39, 0.29) is 0 Å². The van der Waals surface area contributed by atoms with Gasteiger partial charge in [-0.15, -0.1) is 0 Å². The smallest absolute Gasteiger partial charge is 0.211 e. The predicted octanol–water partition coefficient (Wildman–Crippen LogP) is 3.47. The number of aromatic nitrogens is 1. The molecule has 2 aliphatic rings. The van der Waals surface area contributed by atoms with Gasteiger partial charge in [0.1, 0.15) is 5.75 Å². The van der Waals surface area contributed by atoms with E-state index in [1.807, 2.05) is 24.5 Å². The molecule has 1 aromatic carbocycles. The summed E-state index contributed by atoms with van der Waals surface area (Å²) in [5.74, 6) is 1.67. The van der Waals surface area contributed by atoms with E-state index < -0.39 is 10.0 Å². The summed E-state index contributed by atoms with van der Waals surface area (Å²) in [5.41, 5.74) is 3.56. The average molecular weight is 430 g/mol. The number of ether oxygens (including phenoxy) is 1. The highest BCUT2D eigenvalue weighted by Crippen LogP contribution is 2.27. The van der Waals surface area contributed by atoms with Crippen LogP contribution in [-0.4, -0.2) is 50.2 Å². The van der Waals surface area contributed by atoms with Crippen molar-refractivity contribution in [2.75, 3.05) is 37.4 Å². The van der Waals surface area contributed by atoms with Crippen LogP contribution in [0.5, 0.6) is 5.75 Å². The lowest BCUT2D eigenvalue weighted by Crippen LogP contribution is -2.35. The van der Waals surface area contributed by atoms with Gasteiger partial charge < -0.3 is 9.64 Å². The molecule has 0 bridgehead atoms. The summed E-state index contributed by atoms with van der Waals surface area (Å²) in [4.78, 5) is 6.55. The Bertz CT molecular complexity index is 941. The molecule has 0 unspecified atom stereocenters. The van der Waals surface area contributed by atoms with Crippen LogP contribution in [-0.2, 0) is 23.0 Å². The third-order valence-corrected chi connectivity index (χ3v) is 7.54. The van der Waals surface area contributed by atoms with Crippen LogP contribution in [0.3, 0.4) is 0 Å². The first-order chi connectivity index (χ1) is 14.5. The monoisotopic (exact) mass is 429 g/mol. The molecule has 162 valence electrons. The number of pyridine rings is 1. The molecule has 4 rings (SSSR count). The van der Waals surface area contributed by atoms with Crippen LogP contribution < -0.4 is 9.64 Å². The van der Waals surface area contributed by atoms with Gasteiger partial charge >= 0.3 is 0 Å². The van der Waals surface area contributed by atoms with Crippen LogP contribution in [0, 0.1) is 5.92 Å². The quantitative estimate of drug-likeness (QED) is 0.631. The fourth-order valence-corrected chi connectivity index (χ4v) is 5.27. The van der Waals surface area contributed by atoms with Gasteiger partial charge in [-0.2, -0.15) is 4.31 Å². The number of anilines is 1. The van der Waals surface area contributed by atoms with Gasteiger partial charge in [-0.3, -0.25) is 4.98 Å². The molecule has 0 saturated carbocycles. The fourth-order valence-electron chi connectivity index (χ4n) is 4.47. The molecule has 0 radical (unpaired) electrons. The highest BCUT2D eigenvalue weighted by molar-refractivity contribution is 7.88. The standard InChI is InChI=1S/C23H31N3O3S/c1-30(27,28)26-15-10-20-17-23(5-4-21(20)18-26)29-16-2-3-19-8-13-25(14-9-19)22-6-11-24-12-7-22/h4-7,11-12,17,19H,2-3,8-10,13-16,18H2,1H3. The molecule has 2 aliphatic heterocycles. The SMILES string of the molecule is CS(=O)(=O)N1CCc2cc(OCCCC3CCN(c4ccncc4)CC3)ccc2C1. The van der Waals surface area contributed by atoms with Gasteiger partial charge in [0.15, 0.2) is 0 Å². The van der Waals surface area contributed by atoms with Gasteiger partial charge in [-0.05, 0) is 73.4 Å². The highest BCUT2D eigenvalue weighted by Gasteiger charge is 2.23. The summed E-state index contributed by atoms with van der Waals surface area (Å²) >= 11 is 0. The number of hydrogen-bond acceptors (Lipinski definition) is 5. The summed E-state index contributed by atoms with van der Waals surface area (Å²) in [7, 11) is -3.13. The zero-order valence-electron chi connectivity index (χ0n) is 17.7. The normalized spacial score (nSPS) is 18.2. The Kier molecular flexibility index (Phi) is 6.58. The van der Waals surface area contributed by atoms with E-state index in [0.717, 1.165) is 49.8 Å². The van der Waals surface area contributed by atoms with Gasteiger partial charge in [0.05, 0.1) is 12.9 Å². The van der Waals surface area contributed by atoms with Crippen LogP contribution in [0.2, 0.25) is 0 Å². The van der Waals surface area contributed by atoms with E-state index in [1.54, 1.807) is 0 Å². The first-order valence-corrected chi connectivity index (χ1v) is 12.7. The van der Waals surface area contributed by atoms with Crippen LogP contribution in [0.25, 0.3) is 0 Å². The number of benzene rings is 1. The van der Waals surface area contributed by atoms with Crippen molar-refractivity contribution in [2.45, 2.75) is 38.6 Å². The molecule has 1 saturated heterocycles. The van der Waals surface area contributed by atoms with Gasteiger partial charge in [-0.1, -0.05) is 6.07 Å². The van der Waals surface area contributed by atoms with E-state index in [2.05, 4.69) is 28.1 Å². The zero-order valence-corrected chi connectivity index (χ0v) is 18.5. The molecule has 2 aromatic rings. The van der Waals surface area contributed by atoms with Crippen molar-refractivity contribution in [1.29, 1.82) is 0 Å². The molecule has 30 heavy (non-hydrogen) atoms. The second kappa shape index (κ2) is 9.35. The lowest BCUT2D eigenvalue weighted by atomic mass is 9.92. The van der Waals surface area contributed by atoms with Crippen LogP contribution in [0.4, 0.5) is 5.69 Å². The van der Waals surface area contributed by atoms with Crippen molar-refractivity contribution >= 4 is 15.7 Å². The maximum Gasteiger partial charge on any atom is 0.211 e. The van der Waals surface area contributed by atoms with Gasteiger partial charge in [-0.25, -0.2) is 8.42 Å². The zero-order chi connectivity index (χ0) is 21.0. The Labute approximate surface area is 179 Å². The molecule has 0 atom stereocenters. The number of piperidine rings is 1. The minimum absolute atomic E-state index is 0.465. The summed E-state index contributed by atoms with van der Waals surface area (Å²) in [5, 5.41) is 0. The minimum atomic E-state index is -3.13. The molecular formula is C23H31N3O3S. The molecule has 0 aliphatic carbocycles. The number of hydrogen-bond donors (Lipinski definition) is 0. The van der Waals surface area contributed by atoms with Crippen molar-refractivity contribution in [2.24, 2.45) is 5.92 Å².